The van der Waals surface area contributed by atoms with Crippen LogP contribution >= 0.6 is 11.6 Å². The van der Waals surface area contributed by atoms with Crippen molar-refractivity contribution >= 4 is 35.1 Å². The SMILES string of the molecule is NC(=O)CC1C(=O)NC2=Nc3ccc(OCCCCO)c(Cl)c3CN21. The van der Waals surface area contributed by atoms with E-state index in [0.717, 1.165) is 12.0 Å². The number of hydrogen-bond acceptors (Lipinski definition) is 6. The van der Waals surface area contributed by atoms with E-state index in [2.05, 4.69) is 10.3 Å². The molecular weight excluding hydrogens is 348 g/mol. The lowest BCUT2D eigenvalue weighted by Crippen LogP contribution is -2.39. The van der Waals surface area contributed by atoms with E-state index in [1.807, 2.05) is 0 Å². The highest BCUT2D eigenvalue weighted by atomic mass is 35.5. The fraction of sp³-hybridized carbons (Fsp3) is 0.438. The molecule has 2 heterocycles. The number of carbonyl (C=O) groups excluding carboxylic acids is 2. The number of ether oxygens (including phenoxy) is 1. The largest absolute Gasteiger partial charge is 0.492 e. The minimum absolute atomic E-state index is 0.0881. The Bertz CT molecular complexity index is 737. The van der Waals surface area contributed by atoms with Crippen LogP contribution in [0.4, 0.5) is 5.69 Å². The number of fused-ring (bicyclic) bond motifs is 2. The van der Waals surface area contributed by atoms with Gasteiger partial charge in [-0.15, -0.1) is 0 Å². The number of nitrogens with zero attached hydrogens (tertiary/aromatic N) is 2. The fourth-order valence-corrected chi connectivity index (χ4v) is 3.14. The summed E-state index contributed by atoms with van der Waals surface area (Å²) in [6, 6.07) is 2.83. The smallest absolute Gasteiger partial charge is 0.250 e. The molecule has 1 aromatic rings. The number of carbonyl (C=O) groups is 2. The lowest BCUT2D eigenvalue weighted by atomic mass is 10.1. The van der Waals surface area contributed by atoms with E-state index in [1.165, 1.54) is 0 Å². The first kappa shape index (κ1) is 17.5. The topological polar surface area (TPSA) is 117 Å². The van der Waals surface area contributed by atoms with Crippen molar-refractivity contribution < 1.29 is 19.4 Å². The molecule has 2 aliphatic rings. The highest BCUT2D eigenvalue weighted by Gasteiger charge is 2.40. The number of hydrogen-bond donors (Lipinski definition) is 3. The fourth-order valence-electron chi connectivity index (χ4n) is 2.86. The molecular formula is C16H19ClN4O4. The molecule has 8 nitrogen and oxygen atoms in total. The van der Waals surface area contributed by atoms with Gasteiger partial charge in [0.05, 0.1) is 30.3 Å². The Kier molecular flexibility index (Phi) is 5.10. The molecule has 0 bridgehead atoms. The quantitative estimate of drug-likeness (QED) is 0.613. The first-order valence-electron chi connectivity index (χ1n) is 8.00. The summed E-state index contributed by atoms with van der Waals surface area (Å²) in [5.74, 6) is 0.0691. The van der Waals surface area contributed by atoms with E-state index in [9.17, 15) is 9.59 Å². The van der Waals surface area contributed by atoms with Gasteiger partial charge in [0.15, 0.2) is 0 Å². The van der Waals surface area contributed by atoms with Gasteiger partial charge in [-0.25, -0.2) is 4.99 Å². The molecule has 0 spiro atoms. The number of benzene rings is 1. The predicted molar refractivity (Wildman–Crippen MR) is 91.6 cm³/mol. The Morgan fingerprint density at radius 3 is 3.00 bits per heavy atom. The highest BCUT2D eigenvalue weighted by Crippen LogP contribution is 2.39. The first-order chi connectivity index (χ1) is 12.0. The number of guanidine groups is 1. The van der Waals surface area contributed by atoms with Crippen LogP contribution in [-0.4, -0.2) is 47.0 Å². The molecule has 0 saturated carbocycles. The zero-order chi connectivity index (χ0) is 18.0. The van der Waals surface area contributed by atoms with E-state index in [4.69, 9.17) is 27.2 Å². The van der Waals surface area contributed by atoms with Crippen molar-refractivity contribution in [2.45, 2.75) is 31.8 Å². The molecule has 134 valence electrons. The van der Waals surface area contributed by atoms with Crippen molar-refractivity contribution in [3.8, 4) is 5.75 Å². The standard InChI is InChI=1S/C16H19ClN4O4/c17-14-9-8-21-11(7-13(18)23)15(24)20-16(21)19-10(9)3-4-12(14)25-6-2-1-5-22/h3-4,11,22H,1-2,5-8H2,(H2,18,23)(H,19,20,24). The van der Waals surface area contributed by atoms with Crippen LogP contribution in [0, 0.1) is 0 Å². The number of halogens is 1. The maximum absolute atomic E-state index is 12.1. The van der Waals surface area contributed by atoms with Gasteiger partial charge in [-0.05, 0) is 25.0 Å². The monoisotopic (exact) mass is 366 g/mol. The van der Waals surface area contributed by atoms with Crippen molar-refractivity contribution in [1.29, 1.82) is 0 Å². The van der Waals surface area contributed by atoms with Gasteiger partial charge in [-0.3, -0.25) is 14.9 Å². The zero-order valence-corrected chi connectivity index (χ0v) is 14.3. The number of aliphatic hydroxyl groups excluding tert-OH is 1. The summed E-state index contributed by atoms with van der Waals surface area (Å²) in [7, 11) is 0. The lowest BCUT2D eigenvalue weighted by molar-refractivity contribution is -0.126. The molecule has 3 rings (SSSR count). The summed E-state index contributed by atoms with van der Waals surface area (Å²) in [4.78, 5) is 29.4. The van der Waals surface area contributed by atoms with Crippen LogP contribution in [0.3, 0.4) is 0 Å². The van der Waals surface area contributed by atoms with Crippen LogP contribution in [0.5, 0.6) is 5.75 Å². The Balaban J connectivity index is 1.81. The molecule has 1 atom stereocenters. The van der Waals surface area contributed by atoms with Crippen LogP contribution in [0.25, 0.3) is 0 Å². The Labute approximate surface area is 149 Å². The summed E-state index contributed by atoms with van der Waals surface area (Å²) in [6.07, 6.45) is 1.29. The Hall–Kier alpha value is -2.32. The molecule has 25 heavy (non-hydrogen) atoms. The number of rotatable bonds is 7. The molecule has 1 aromatic carbocycles. The number of unbranched alkanes of at least 4 members (excludes halogenated alkanes) is 1. The summed E-state index contributed by atoms with van der Waals surface area (Å²) in [5, 5.41) is 11.9. The van der Waals surface area contributed by atoms with Crippen LogP contribution in [-0.2, 0) is 16.1 Å². The van der Waals surface area contributed by atoms with Gasteiger partial charge in [0.1, 0.15) is 11.8 Å². The number of nitrogens with two attached hydrogens (primary N) is 1. The van der Waals surface area contributed by atoms with Crippen molar-refractivity contribution in [3.05, 3.63) is 22.7 Å². The van der Waals surface area contributed by atoms with E-state index in [-0.39, 0.29) is 18.9 Å². The lowest BCUT2D eigenvalue weighted by Gasteiger charge is -2.28. The number of nitrogens with one attached hydrogen (secondary N) is 1. The van der Waals surface area contributed by atoms with E-state index < -0.39 is 11.9 Å². The molecule has 1 unspecified atom stereocenters. The van der Waals surface area contributed by atoms with Crippen LogP contribution in [0.2, 0.25) is 5.02 Å². The first-order valence-corrected chi connectivity index (χ1v) is 8.38. The Morgan fingerprint density at radius 1 is 1.48 bits per heavy atom. The van der Waals surface area contributed by atoms with Crippen LogP contribution in [0.1, 0.15) is 24.8 Å². The van der Waals surface area contributed by atoms with Gasteiger partial charge < -0.3 is 20.5 Å². The second-order valence-electron chi connectivity index (χ2n) is 5.89. The average Bonchev–Trinajstić information content (AvgIpc) is 2.86. The minimum atomic E-state index is -0.686. The summed E-state index contributed by atoms with van der Waals surface area (Å²) in [6.45, 7) is 0.898. The molecule has 0 radical (unpaired) electrons. The number of primary amides is 1. The molecule has 2 aliphatic heterocycles. The third kappa shape index (κ3) is 3.54. The van der Waals surface area contributed by atoms with Gasteiger partial charge in [-0.1, -0.05) is 11.6 Å². The van der Waals surface area contributed by atoms with Crippen molar-refractivity contribution in [2.75, 3.05) is 13.2 Å². The summed E-state index contributed by atoms with van der Waals surface area (Å²) < 4.78 is 5.66. The molecule has 0 aromatic heterocycles. The highest BCUT2D eigenvalue weighted by molar-refractivity contribution is 6.33. The third-order valence-corrected chi connectivity index (χ3v) is 4.54. The normalized spacial score (nSPS) is 18.3. The molecule has 9 heteroatoms. The van der Waals surface area contributed by atoms with Gasteiger partial charge >= 0.3 is 0 Å². The van der Waals surface area contributed by atoms with E-state index in [0.29, 0.717) is 42.0 Å². The maximum atomic E-state index is 12.1. The third-order valence-electron chi connectivity index (χ3n) is 4.13. The van der Waals surface area contributed by atoms with E-state index >= 15 is 0 Å². The predicted octanol–water partition coefficient (Wildman–Crippen LogP) is 0.668. The maximum Gasteiger partial charge on any atom is 0.250 e. The van der Waals surface area contributed by atoms with Crippen molar-refractivity contribution in [2.24, 2.45) is 10.7 Å². The average molecular weight is 367 g/mol. The second kappa shape index (κ2) is 7.28. The molecule has 0 aliphatic carbocycles. The second-order valence-corrected chi connectivity index (χ2v) is 6.27. The van der Waals surface area contributed by atoms with Gasteiger partial charge in [-0.2, -0.15) is 0 Å². The van der Waals surface area contributed by atoms with Crippen molar-refractivity contribution in [3.63, 3.8) is 0 Å². The van der Waals surface area contributed by atoms with Crippen LogP contribution < -0.4 is 15.8 Å². The zero-order valence-electron chi connectivity index (χ0n) is 13.5. The number of aliphatic imine (C=N–C) groups is 1. The summed E-state index contributed by atoms with van der Waals surface area (Å²) in [5.41, 5.74) is 6.62. The Morgan fingerprint density at radius 2 is 2.28 bits per heavy atom. The molecule has 1 saturated heterocycles. The molecule has 1 fully saturated rings. The van der Waals surface area contributed by atoms with Crippen LogP contribution in [0.15, 0.2) is 17.1 Å². The minimum Gasteiger partial charge on any atom is -0.492 e. The molecule has 4 N–H and O–H groups in total. The van der Waals surface area contributed by atoms with Gasteiger partial charge in [0, 0.05) is 12.2 Å². The summed E-state index contributed by atoms with van der Waals surface area (Å²) >= 11 is 6.45. The van der Waals surface area contributed by atoms with Crippen molar-refractivity contribution in [1.82, 2.24) is 10.2 Å². The van der Waals surface area contributed by atoms with Gasteiger partial charge in [0.2, 0.25) is 17.8 Å². The number of amides is 2. The van der Waals surface area contributed by atoms with E-state index in [1.54, 1.807) is 17.0 Å². The molecule has 2 amide bonds. The van der Waals surface area contributed by atoms with Gasteiger partial charge in [0.25, 0.3) is 0 Å². The number of aliphatic hydroxyl groups is 1.